The molecule has 0 unspecified atom stereocenters. The van der Waals surface area contributed by atoms with E-state index in [2.05, 4.69) is 0 Å². The number of rotatable bonds is 0. The molecule has 4 heteroatoms. The summed E-state index contributed by atoms with van der Waals surface area (Å²) >= 11 is 0. The van der Waals surface area contributed by atoms with Gasteiger partial charge in [0.15, 0.2) is 0 Å². The molecular formula is H2CuOVW. The molecule has 2 radical (unpaired) electrons. The fourth-order valence-corrected chi connectivity index (χ4v) is 0. The van der Waals surface area contributed by atoms with Gasteiger partial charge in [-0.15, -0.1) is 0 Å². The third-order valence-corrected chi connectivity index (χ3v) is 0. The topological polar surface area (TPSA) is 31.5 Å². The molecule has 0 aliphatic heterocycles. The fourth-order valence-electron chi connectivity index (χ4n) is 0. The minimum absolute atomic E-state index is 0. The van der Waals surface area contributed by atoms with Crippen LogP contribution in [-0.4, -0.2) is 5.48 Å². The van der Waals surface area contributed by atoms with Crippen molar-refractivity contribution < 1.29 is 62.2 Å². The molecule has 0 bridgehead atoms. The van der Waals surface area contributed by atoms with Crippen molar-refractivity contribution in [1.82, 2.24) is 0 Å². The third kappa shape index (κ3) is 9.26. The predicted molar refractivity (Wildman–Crippen MR) is 3.61 cm³/mol. The van der Waals surface area contributed by atoms with E-state index in [1.54, 1.807) is 0 Å². The van der Waals surface area contributed by atoms with Crippen LogP contribution < -0.4 is 0 Å². The molecule has 0 atom stereocenters. The maximum absolute atomic E-state index is 0. The van der Waals surface area contributed by atoms with E-state index in [1.807, 2.05) is 0 Å². The fraction of sp³-hybridized carbons (Fsp3) is 0. The molecule has 2 N–H and O–H groups in total. The second kappa shape index (κ2) is 21.8. The summed E-state index contributed by atoms with van der Waals surface area (Å²) in [5, 5.41) is 0. The van der Waals surface area contributed by atoms with Gasteiger partial charge in [-0.2, -0.15) is 0 Å². The maximum Gasteiger partial charge on any atom is 0 e. The van der Waals surface area contributed by atoms with Crippen LogP contribution in [0, 0.1) is 0 Å². The van der Waals surface area contributed by atoms with Gasteiger partial charge in [-0.05, 0) is 0 Å². The molecule has 0 saturated heterocycles. The summed E-state index contributed by atoms with van der Waals surface area (Å²) in [7, 11) is 0. The molecule has 0 heterocycles. The molecule has 30 valence electrons. The van der Waals surface area contributed by atoms with Crippen LogP contribution in [0.5, 0.6) is 0 Å². The molecule has 4 heavy (non-hydrogen) atoms. The molecule has 0 saturated carbocycles. The first-order valence-electron chi connectivity index (χ1n) is 0. The summed E-state index contributed by atoms with van der Waals surface area (Å²) < 4.78 is 0. The quantitative estimate of drug-likeness (QED) is 0.523. The van der Waals surface area contributed by atoms with Gasteiger partial charge in [-0.1, -0.05) is 0 Å². The third-order valence-electron chi connectivity index (χ3n) is 0. The van der Waals surface area contributed by atoms with Crippen molar-refractivity contribution in [2.24, 2.45) is 0 Å². The molecule has 0 aliphatic carbocycles. The second-order valence-electron chi connectivity index (χ2n) is 0. The zero-order valence-electron chi connectivity index (χ0n) is 1.66. The molecular weight excluding hydrogens is 314 g/mol. The van der Waals surface area contributed by atoms with E-state index in [0.717, 1.165) is 0 Å². The van der Waals surface area contributed by atoms with Gasteiger partial charge in [0.25, 0.3) is 0 Å². The summed E-state index contributed by atoms with van der Waals surface area (Å²) in [5.41, 5.74) is 0. The SMILES string of the molecule is O.[Cu].[V].[W]. The Kier molecular flexibility index (Phi) is 231. The van der Waals surface area contributed by atoms with Crippen molar-refractivity contribution in [3.05, 3.63) is 0 Å². The molecule has 0 aromatic carbocycles. The van der Waals surface area contributed by atoms with Crippen molar-refractivity contribution >= 4 is 0 Å². The maximum atomic E-state index is 0. The molecule has 1 nitrogen and oxygen atoms in total. The van der Waals surface area contributed by atoms with Gasteiger partial charge in [-0.25, -0.2) is 0 Å². The molecule has 0 rings (SSSR count). The van der Waals surface area contributed by atoms with Gasteiger partial charge in [-0.3, -0.25) is 0 Å². The standard InChI is InChI=1S/Cu.H2O.V.W/h;1H2;;. The summed E-state index contributed by atoms with van der Waals surface area (Å²) in [6, 6.07) is 0. The van der Waals surface area contributed by atoms with Gasteiger partial charge >= 0.3 is 0 Å². The Bertz CT molecular complexity index is 8.00. The van der Waals surface area contributed by atoms with Gasteiger partial charge in [0.05, 0.1) is 0 Å². The Morgan fingerprint density at radius 2 is 1.00 bits per heavy atom. The van der Waals surface area contributed by atoms with Crippen LogP contribution in [0.1, 0.15) is 0 Å². The summed E-state index contributed by atoms with van der Waals surface area (Å²) in [4.78, 5) is 0. The first-order valence-corrected chi connectivity index (χ1v) is 0. The van der Waals surface area contributed by atoms with Crippen LogP contribution in [-0.2, 0) is 56.7 Å². The average molecular weight is 316 g/mol. The van der Waals surface area contributed by atoms with Crippen molar-refractivity contribution in [2.75, 3.05) is 0 Å². The Morgan fingerprint density at radius 3 is 1.00 bits per heavy atom. The van der Waals surface area contributed by atoms with Gasteiger partial charge in [0, 0.05) is 56.7 Å². The zero-order valence-corrected chi connectivity index (χ0v) is 6.93. The Balaban J connectivity index is 0. The average Bonchev–Trinajstić information content (AvgIpc) is 0. The smallest absolute Gasteiger partial charge is 0 e. The zero-order chi connectivity index (χ0) is 0. The van der Waals surface area contributed by atoms with Gasteiger partial charge < -0.3 is 5.48 Å². The molecule has 0 aliphatic rings. The molecule has 0 aromatic heterocycles. The minimum Gasteiger partial charge on any atom is -0.412 e. The van der Waals surface area contributed by atoms with E-state index < -0.39 is 0 Å². The Hall–Kier alpha value is 1.75. The summed E-state index contributed by atoms with van der Waals surface area (Å²) in [6.45, 7) is 0. The Morgan fingerprint density at radius 1 is 1.00 bits per heavy atom. The first kappa shape index (κ1) is 42.3. The summed E-state index contributed by atoms with van der Waals surface area (Å²) in [6.07, 6.45) is 0. The predicted octanol–water partition coefficient (Wildman–Crippen LogP) is -0.832. The van der Waals surface area contributed by atoms with Gasteiger partial charge in [0.1, 0.15) is 0 Å². The molecule has 0 amide bonds. The van der Waals surface area contributed by atoms with E-state index in [4.69, 9.17) is 0 Å². The minimum atomic E-state index is 0. The largest absolute Gasteiger partial charge is 0.412 e. The number of hydrogen-bond acceptors (Lipinski definition) is 0. The first-order chi connectivity index (χ1) is 0. The van der Waals surface area contributed by atoms with Crippen LogP contribution in [0.3, 0.4) is 0 Å². The van der Waals surface area contributed by atoms with E-state index in [0.29, 0.717) is 0 Å². The molecule has 0 fully saturated rings. The second-order valence-corrected chi connectivity index (χ2v) is 0. The normalized spacial score (nSPS) is 0. The van der Waals surface area contributed by atoms with Crippen molar-refractivity contribution in [3.63, 3.8) is 0 Å². The molecule has 0 aromatic rings. The van der Waals surface area contributed by atoms with Gasteiger partial charge in [0.2, 0.25) is 0 Å². The van der Waals surface area contributed by atoms with E-state index in [9.17, 15) is 0 Å². The van der Waals surface area contributed by atoms with Crippen LogP contribution in [0.25, 0.3) is 0 Å². The Labute approximate surface area is 61.8 Å². The van der Waals surface area contributed by atoms with E-state index in [1.165, 1.54) is 0 Å². The molecule has 0 spiro atoms. The van der Waals surface area contributed by atoms with Crippen molar-refractivity contribution in [1.29, 1.82) is 0 Å². The van der Waals surface area contributed by atoms with Crippen molar-refractivity contribution in [2.45, 2.75) is 0 Å². The number of hydrogen-bond donors (Lipinski definition) is 0. The van der Waals surface area contributed by atoms with Crippen LogP contribution >= 0.6 is 0 Å². The summed E-state index contributed by atoms with van der Waals surface area (Å²) in [5.74, 6) is 0. The van der Waals surface area contributed by atoms with Crippen LogP contribution in [0.4, 0.5) is 0 Å². The van der Waals surface area contributed by atoms with Crippen LogP contribution in [0.2, 0.25) is 0 Å². The van der Waals surface area contributed by atoms with E-state index >= 15 is 0 Å². The van der Waals surface area contributed by atoms with E-state index in [-0.39, 0.29) is 62.2 Å². The van der Waals surface area contributed by atoms with Crippen LogP contribution in [0.15, 0.2) is 0 Å². The monoisotopic (exact) mass is 316 g/mol. The van der Waals surface area contributed by atoms with Crippen molar-refractivity contribution in [3.8, 4) is 0 Å².